The van der Waals surface area contributed by atoms with Crippen LogP contribution in [0.15, 0.2) is 41.3 Å². The molecule has 11 heteroatoms. The van der Waals surface area contributed by atoms with Gasteiger partial charge in [0.15, 0.2) is 0 Å². The minimum Gasteiger partial charge on any atom is -0.481 e. The number of benzene rings is 1. The molecule has 2 heterocycles. The number of nitrogens with zero attached hydrogens (tertiary/aromatic N) is 2. The van der Waals surface area contributed by atoms with Crippen LogP contribution in [0, 0.1) is 0 Å². The molecule has 11 nitrogen and oxygen atoms in total. The van der Waals surface area contributed by atoms with Crippen molar-refractivity contribution in [2.45, 2.75) is 38.3 Å². The maximum atomic E-state index is 12.4. The van der Waals surface area contributed by atoms with Crippen molar-refractivity contribution in [1.82, 2.24) is 19.9 Å². The number of nitrogens with one attached hydrogen (secondary N) is 2. The molecule has 32 heavy (non-hydrogen) atoms. The van der Waals surface area contributed by atoms with E-state index in [1.165, 1.54) is 0 Å². The molecule has 0 spiro atoms. The molecule has 3 rings (SSSR count). The number of nitrogen functional groups attached to an aromatic ring is 1. The van der Waals surface area contributed by atoms with E-state index in [1.807, 2.05) is 6.92 Å². The molecule has 0 aliphatic carbocycles. The van der Waals surface area contributed by atoms with E-state index in [-0.39, 0.29) is 30.3 Å². The molecular formula is C21H23N5O6. The summed E-state index contributed by atoms with van der Waals surface area (Å²) in [7, 11) is 0. The minimum absolute atomic E-state index is 0.0120. The number of carboxylic acid groups (broad SMARTS) is 2. The fraction of sp³-hybridized carbons (Fsp3) is 0.286. The molecular weight excluding hydrogens is 418 g/mol. The second kappa shape index (κ2) is 9.33. The molecule has 0 bridgehead atoms. The van der Waals surface area contributed by atoms with E-state index in [0.717, 1.165) is 5.56 Å². The second-order valence-corrected chi connectivity index (χ2v) is 7.48. The first kappa shape index (κ1) is 22.5. The topological polar surface area (TPSA) is 180 Å². The first-order chi connectivity index (χ1) is 15.2. The fourth-order valence-corrected chi connectivity index (χ4v) is 3.42. The SMILES string of the molecule is CC(Cn1ccc2[nH]c(N)nc(=O)c21)c1ccc(C(=O)N[C@@H](CCC(=O)O)C(=O)O)cc1. The number of carbonyl (C=O) groups is 3. The van der Waals surface area contributed by atoms with Crippen LogP contribution < -0.4 is 16.6 Å². The van der Waals surface area contributed by atoms with Crippen LogP contribution in [-0.2, 0) is 16.1 Å². The minimum atomic E-state index is -1.30. The zero-order valence-electron chi connectivity index (χ0n) is 17.2. The van der Waals surface area contributed by atoms with Gasteiger partial charge in [-0.1, -0.05) is 19.1 Å². The summed E-state index contributed by atoms with van der Waals surface area (Å²) < 4.78 is 1.78. The number of hydrogen-bond donors (Lipinski definition) is 5. The summed E-state index contributed by atoms with van der Waals surface area (Å²) in [5.74, 6) is -3.00. The van der Waals surface area contributed by atoms with Crippen LogP contribution in [0.1, 0.15) is 41.6 Å². The molecule has 168 valence electrons. The third-order valence-electron chi connectivity index (χ3n) is 5.11. The van der Waals surface area contributed by atoms with Crippen LogP contribution in [0.3, 0.4) is 0 Å². The van der Waals surface area contributed by atoms with Gasteiger partial charge in [0, 0.05) is 24.7 Å². The highest BCUT2D eigenvalue weighted by atomic mass is 16.4. The Kier molecular flexibility index (Phi) is 6.57. The van der Waals surface area contributed by atoms with E-state index in [2.05, 4.69) is 15.3 Å². The number of aromatic nitrogens is 3. The van der Waals surface area contributed by atoms with Gasteiger partial charge in [-0.15, -0.1) is 0 Å². The number of aromatic amines is 1. The Morgan fingerprint density at radius 1 is 1.19 bits per heavy atom. The Hall–Kier alpha value is -4.15. The Bertz CT molecular complexity index is 1210. The molecule has 6 N–H and O–H groups in total. The quantitative estimate of drug-likeness (QED) is 0.328. The lowest BCUT2D eigenvalue weighted by molar-refractivity contribution is -0.140. The third kappa shape index (κ3) is 5.12. The first-order valence-corrected chi connectivity index (χ1v) is 9.85. The van der Waals surface area contributed by atoms with Crippen molar-refractivity contribution in [3.8, 4) is 0 Å². The number of hydrogen-bond acceptors (Lipinski definition) is 6. The lowest BCUT2D eigenvalue weighted by Gasteiger charge is -2.16. The fourth-order valence-electron chi connectivity index (χ4n) is 3.42. The maximum absolute atomic E-state index is 12.4. The molecule has 3 aromatic rings. The molecule has 0 saturated heterocycles. The Morgan fingerprint density at radius 2 is 1.88 bits per heavy atom. The van der Waals surface area contributed by atoms with Gasteiger partial charge in [-0.25, -0.2) is 4.79 Å². The summed E-state index contributed by atoms with van der Waals surface area (Å²) in [6.45, 7) is 2.45. The predicted octanol–water partition coefficient (Wildman–Crippen LogP) is 1.16. The van der Waals surface area contributed by atoms with Crippen molar-refractivity contribution >= 4 is 34.8 Å². The number of H-pyrrole nitrogens is 1. The van der Waals surface area contributed by atoms with Gasteiger partial charge in [-0.05, 0) is 36.1 Å². The summed E-state index contributed by atoms with van der Waals surface area (Å²) in [5.41, 5.74) is 7.33. The largest absolute Gasteiger partial charge is 0.481 e. The molecule has 0 aliphatic rings. The highest BCUT2D eigenvalue weighted by Gasteiger charge is 2.22. The molecule has 0 fully saturated rings. The molecule has 0 radical (unpaired) electrons. The van der Waals surface area contributed by atoms with Crippen LogP contribution in [-0.4, -0.2) is 48.6 Å². The number of amides is 1. The number of nitrogens with two attached hydrogens (primary N) is 1. The van der Waals surface area contributed by atoms with Crippen molar-refractivity contribution in [3.05, 3.63) is 58.0 Å². The van der Waals surface area contributed by atoms with Crippen LogP contribution >= 0.6 is 0 Å². The van der Waals surface area contributed by atoms with E-state index in [9.17, 15) is 24.3 Å². The number of rotatable bonds is 9. The van der Waals surface area contributed by atoms with Gasteiger partial charge in [0.05, 0.1) is 5.52 Å². The van der Waals surface area contributed by atoms with Crippen LogP contribution in [0.4, 0.5) is 5.95 Å². The van der Waals surface area contributed by atoms with Gasteiger partial charge < -0.3 is 30.8 Å². The van der Waals surface area contributed by atoms with Crippen molar-refractivity contribution < 1.29 is 24.6 Å². The summed E-state index contributed by atoms with van der Waals surface area (Å²) in [6, 6.07) is 7.09. The van der Waals surface area contributed by atoms with Gasteiger partial charge in [0.2, 0.25) is 5.95 Å². The predicted molar refractivity (Wildman–Crippen MR) is 115 cm³/mol. The zero-order valence-corrected chi connectivity index (χ0v) is 17.2. The highest BCUT2D eigenvalue weighted by molar-refractivity contribution is 5.96. The summed E-state index contributed by atoms with van der Waals surface area (Å²) in [5, 5.41) is 20.2. The second-order valence-electron chi connectivity index (χ2n) is 7.48. The molecule has 2 aromatic heterocycles. The van der Waals surface area contributed by atoms with E-state index in [1.54, 1.807) is 41.1 Å². The van der Waals surface area contributed by atoms with E-state index < -0.39 is 29.4 Å². The molecule has 0 saturated carbocycles. The summed E-state index contributed by atoms with van der Waals surface area (Å²) in [4.78, 5) is 53.1. The first-order valence-electron chi connectivity index (χ1n) is 9.85. The van der Waals surface area contributed by atoms with Crippen molar-refractivity contribution in [2.24, 2.45) is 0 Å². The maximum Gasteiger partial charge on any atom is 0.326 e. The van der Waals surface area contributed by atoms with E-state index in [4.69, 9.17) is 10.8 Å². The Labute approximate surface area is 181 Å². The number of anilines is 1. The standard InChI is InChI=1S/C21H23N5O6/c1-11(10-26-9-8-14-17(26)19(30)25-21(22)24-14)12-2-4-13(5-3-12)18(29)23-15(20(31)32)6-7-16(27)28/h2-5,8-9,11,15H,6-7,10H2,1H3,(H,23,29)(H,27,28)(H,31,32)(H3,22,24,25,30)/t11?,15-/m0/s1. The van der Waals surface area contributed by atoms with Crippen LogP contribution in [0.2, 0.25) is 0 Å². The normalized spacial score (nSPS) is 12.9. The molecule has 1 amide bonds. The van der Waals surface area contributed by atoms with E-state index in [0.29, 0.717) is 17.6 Å². The number of carboxylic acids is 2. The van der Waals surface area contributed by atoms with Gasteiger partial charge in [0.25, 0.3) is 11.5 Å². The van der Waals surface area contributed by atoms with Gasteiger partial charge in [0.1, 0.15) is 11.6 Å². The number of aliphatic carboxylic acids is 2. The van der Waals surface area contributed by atoms with Gasteiger partial charge >= 0.3 is 11.9 Å². The number of fused-ring (bicyclic) bond motifs is 1. The summed E-state index contributed by atoms with van der Waals surface area (Å²) >= 11 is 0. The summed E-state index contributed by atoms with van der Waals surface area (Å²) in [6.07, 6.45) is 1.19. The monoisotopic (exact) mass is 441 g/mol. The van der Waals surface area contributed by atoms with Crippen LogP contribution in [0.25, 0.3) is 11.0 Å². The lowest BCUT2D eigenvalue weighted by atomic mass is 9.99. The average molecular weight is 441 g/mol. The lowest BCUT2D eigenvalue weighted by Crippen LogP contribution is -2.41. The molecule has 1 aromatic carbocycles. The van der Waals surface area contributed by atoms with Crippen molar-refractivity contribution in [1.29, 1.82) is 0 Å². The highest BCUT2D eigenvalue weighted by Crippen LogP contribution is 2.21. The Morgan fingerprint density at radius 3 is 2.50 bits per heavy atom. The van der Waals surface area contributed by atoms with E-state index >= 15 is 0 Å². The smallest absolute Gasteiger partial charge is 0.326 e. The third-order valence-corrected chi connectivity index (χ3v) is 5.11. The number of carbonyl (C=O) groups excluding carboxylic acids is 1. The Balaban J connectivity index is 1.70. The van der Waals surface area contributed by atoms with Crippen molar-refractivity contribution in [3.63, 3.8) is 0 Å². The molecule has 1 unspecified atom stereocenters. The average Bonchev–Trinajstić information content (AvgIpc) is 3.13. The molecule has 2 atom stereocenters. The van der Waals surface area contributed by atoms with Crippen molar-refractivity contribution in [2.75, 3.05) is 5.73 Å². The van der Waals surface area contributed by atoms with Gasteiger partial charge in [-0.3, -0.25) is 14.4 Å². The zero-order chi connectivity index (χ0) is 23.4. The molecule has 0 aliphatic heterocycles. The van der Waals surface area contributed by atoms with Gasteiger partial charge in [-0.2, -0.15) is 4.98 Å². The van der Waals surface area contributed by atoms with Crippen LogP contribution in [0.5, 0.6) is 0 Å².